The molecule has 0 radical (unpaired) electrons. The number of anilines is 1. The van der Waals surface area contributed by atoms with Crippen LogP contribution in [0.1, 0.15) is 39.4 Å². The minimum Gasteiger partial charge on any atom is -0.381 e. The van der Waals surface area contributed by atoms with E-state index in [1.807, 2.05) is 10.6 Å². The van der Waals surface area contributed by atoms with E-state index in [1.165, 1.54) is 12.8 Å². The second kappa shape index (κ2) is 6.53. The summed E-state index contributed by atoms with van der Waals surface area (Å²) >= 11 is 0. The Balaban J connectivity index is 1.49. The summed E-state index contributed by atoms with van der Waals surface area (Å²) in [6.07, 6.45) is 2.33. The molecular weight excluding hydrogens is 316 g/mol. The van der Waals surface area contributed by atoms with E-state index in [9.17, 15) is 0 Å². The fourth-order valence-corrected chi connectivity index (χ4v) is 3.78. The summed E-state index contributed by atoms with van der Waals surface area (Å²) in [6, 6.07) is 4.78. The van der Waals surface area contributed by atoms with E-state index in [0.717, 1.165) is 56.7 Å². The predicted octanol–water partition coefficient (Wildman–Crippen LogP) is 1.72. The van der Waals surface area contributed by atoms with Crippen LogP contribution in [0, 0.1) is 0 Å². The Bertz CT molecular complexity index is 723. The van der Waals surface area contributed by atoms with Crippen molar-refractivity contribution in [3.05, 3.63) is 18.0 Å². The lowest BCUT2D eigenvalue weighted by Gasteiger charge is -2.41. The lowest BCUT2D eigenvalue weighted by atomic mass is 9.96. The highest BCUT2D eigenvalue weighted by Crippen LogP contribution is 2.23. The topological polar surface area (TPSA) is 58.8 Å². The predicted molar refractivity (Wildman–Crippen MR) is 97.1 cm³/mol. The molecule has 0 amide bonds. The van der Waals surface area contributed by atoms with E-state index in [-0.39, 0.29) is 5.41 Å². The number of aromatic nitrogens is 4. The van der Waals surface area contributed by atoms with Crippen LogP contribution in [-0.4, -0.2) is 70.1 Å². The molecule has 0 bridgehead atoms. The van der Waals surface area contributed by atoms with Crippen LogP contribution in [0.4, 0.5) is 5.82 Å². The average Bonchev–Trinajstić information content (AvgIpc) is 3.06. The summed E-state index contributed by atoms with van der Waals surface area (Å²) in [7, 11) is 0. The molecule has 0 saturated carbocycles. The van der Waals surface area contributed by atoms with Gasteiger partial charge in [-0.25, -0.2) is 0 Å². The van der Waals surface area contributed by atoms with E-state index >= 15 is 0 Å². The number of hydrogen-bond acceptors (Lipinski definition) is 6. The number of ether oxygens (including phenoxy) is 1. The zero-order chi connectivity index (χ0) is 17.4. The Labute approximate surface area is 149 Å². The fraction of sp³-hybridized carbons (Fsp3) is 0.722. The molecule has 2 aliphatic heterocycles. The van der Waals surface area contributed by atoms with Crippen LogP contribution in [0.25, 0.3) is 5.65 Å². The summed E-state index contributed by atoms with van der Waals surface area (Å²) in [6.45, 7) is 12.5. The molecule has 0 atom stereocenters. The van der Waals surface area contributed by atoms with Gasteiger partial charge in [0.1, 0.15) is 5.82 Å². The van der Waals surface area contributed by atoms with Gasteiger partial charge < -0.3 is 9.64 Å². The molecule has 4 rings (SSSR count). The standard InChI is InChI=1S/C18H28N6O/c1-18(2,3)17-20-19-15-4-5-16(21-24(15)17)23-10-8-22(9-11-23)14-6-12-25-13-7-14/h4-5,14H,6-13H2,1-3H3. The first kappa shape index (κ1) is 16.7. The van der Waals surface area contributed by atoms with Crippen LogP contribution in [0.2, 0.25) is 0 Å². The minimum absolute atomic E-state index is 0.0766. The van der Waals surface area contributed by atoms with Gasteiger partial charge in [-0.3, -0.25) is 4.90 Å². The van der Waals surface area contributed by atoms with E-state index in [1.54, 1.807) is 0 Å². The first-order valence-corrected chi connectivity index (χ1v) is 9.32. The van der Waals surface area contributed by atoms with Crippen LogP contribution >= 0.6 is 0 Å². The Kier molecular flexibility index (Phi) is 4.37. The van der Waals surface area contributed by atoms with Gasteiger partial charge in [-0.1, -0.05) is 20.8 Å². The normalized spacial score (nSPS) is 21.2. The number of piperazine rings is 1. The van der Waals surface area contributed by atoms with Crippen molar-refractivity contribution < 1.29 is 4.74 Å². The molecule has 2 aromatic rings. The smallest absolute Gasteiger partial charge is 0.178 e. The molecule has 0 aliphatic carbocycles. The summed E-state index contributed by atoms with van der Waals surface area (Å²) in [5.41, 5.74) is 0.738. The van der Waals surface area contributed by atoms with E-state index in [4.69, 9.17) is 9.84 Å². The summed E-state index contributed by atoms with van der Waals surface area (Å²) in [5, 5.41) is 13.4. The molecule has 2 saturated heterocycles. The summed E-state index contributed by atoms with van der Waals surface area (Å²) in [4.78, 5) is 5.00. The van der Waals surface area contributed by atoms with E-state index < -0.39 is 0 Å². The molecule has 2 aromatic heterocycles. The highest BCUT2D eigenvalue weighted by molar-refractivity contribution is 5.46. The van der Waals surface area contributed by atoms with Crippen molar-refractivity contribution in [2.24, 2.45) is 0 Å². The molecule has 7 nitrogen and oxygen atoms in total. The SMILES string of the molecule is CC(C)(C)c1nnc2ccc(N3CCN(C4CCOCC4)CC3)nn12. The molecule has 0 spiro atoms. The molecule has 136 valence electrons. The van der Waals surface area contributed by atoms with Crippen LogP contribution in [-0.2, 0) is 10.2 Å². The maximum absolute atomic E-state index is 5.49. The van der Waals surface area contributed by atoms with Gasteiger partial charge in [0.05, 0.1) is 0 Å². The maximum atomic E-state index is 5.49. The Morgan fingerprint density at radius 3 is 2.40 bits per heavy atom. The molecule has 25 heavy (non-hydrogen) atoms. The number of hydrogen-bond donors (Lipinski definition) is 0. The molecule has 2 fully saturated rings. The molecule has 0 aromatic carbocycles. The van der Waals surface area contributed by atoms with Crippen molar-refractivity contribution in [3.8, 4) is 0 Å². The Morgan fingerprint density at radius 1 is 1.00 bits per heavy atom. The van der Waals surface area contributed by atoms with Gasteiger partial charge in [-0.05, 0) is 25.0 Å². The van der Waals surface area contributed by atoms with Gasteiger partial charge in [0.15, 0.2) is 11.5 Å². The Morgan fingerprint density at radius 2 is 1.72 bits per heavy atom. The van der Waals surface area contributed by atoms with Crippen molar-refractivity contribution in [1.29, 1.82) is 0 Å². The average molecular weight is 344 g/mol. The van der Waals surface area contributed by atoms with Crippen LogP contribution in [0.3, 0.4) is 0 Å². The zero-order valence-corrected chi connectivity index (χ0v) is 15.5. The number of fused-ring (bicyclic) bond motifs is 1. The highest BCUT2D eigenvalue weighted by Gasteiger charge is 2.27. The van der Waals surface area contributed by atoms with Gasteiger partial charge in [0.2, 0.25) is 0 Å². The van der Waals surface area contributed by atoms with Crippen molar-refractivity contribution >= 4 is 11.5 Å². The third-order valence-electron chi connectivity index (χ3n) is 5.27. The van der Waals surface area contributed by atoms with Gasteiger partial charge in [0.25, 0.3) is 0 Å². The number of rotatable bonds is 2. The fourth-order valence-electron chi connectivity index (χ4n) is 3.78. The molecule has 4 heterocycles. The van der Waals surface area contributed by atoms with Gasteiger partial charge in [0, 0.05) is 50.8 Å². The van der Waals surface area contributed by atoms with Crippen LogP contribution in [0.5, 0.6) is 0 Å². The van der Waals surface area contributed by atoms with Gasteiger partial charge in [-0.15, -0.1) is 15.3 Å². The molecule has 7 heteroatoms. The molecule has 2 aliphatic rings. The van der Waals surface area contributed by atoms with Crippen LogP contribution in [0.15, 0.2) is 12.1 Å². The third-order valence-corrected chi connectivity index (χ3v) is 5.27. The second-order valence-corrected chi connectivity index (χ2v) is 8.10. The van der Waals surface area contributed by atoms with Gasteiger partial charge >= 0.3 is 0 Å². The Hall–Kier alpha value is -1.73. The monoisotopic (exact) mass is 344 g/mol. The highest BCUT2D eigenvalue weighted by atomic mass is 16.5. The summed E-state index contributed by atoms with van der Waals surface area (Å²) in [5.74, 6) is 1.93. The lowest BCUT2D eigenvalue weighted by molar-refractivity contribution is 0.0321. The van der Waals surface area contributed by atoms with Crippen LogP contribution < -0.4 is 4.90 Å². The van der Waals surface area contributed by atoms with Crippen molar-refractivity contribution in [2.75, 3.05) is 44.3 Å². The molecular formula is C18H28N6O. The minimum atomic E-state index is -0.0766. The third kappa shape index (κ3) is 3.35. The lowest BCUT2D eigenvalue weighted by Crippen LogP contribution is -2.52. The van der Waals surface area contributed by atoms with E-state index in [0.29, 0.717) is 6.04 Å². The first-order chi connectivity index (χ1) is 12.0. The maximum Gasteiger partial charge on any atom is 0.178 e. The first-order valence-electron chi connectivity index (χ1n) is 9.32. The van der Waals surface area contributed by atoms with E-state index in [2.05, 4.69) is 46.8 Å². The second-order valence-electron chi connectivity index (χ2n) is 8.10. The van der Waals surface area contributed by atoms with Gasteiger partial charge in [-0.2, -0.15) is 4.52 Å². The molecule has 0 N–H and O–H groups in total. The molecule has 0 unspecified atom stereocenters. The van der Waals surface area contributed by atoms with Crippen molar-refractivity contribution in [1.82, 2.24) is 24.7 Å². The van der Waals surface area contributed by atoms with Crippen molar-refractivity contribution in [2.45, 2.75) is 45.1 Å². The largest absolute Gasteiger partial charge is 0.381 e. The van der Waals surface area contributed by atoms with Crippen molar-refractivity contribution in [3.63, 3.8) is 0 Å². The number of nitrogens with zero attached hydrogens (tertiary/aromatic N) is 6. The summed E-state index contributed by atoms with van der Waals surface area (Å²) < 4.78 is 7.39. The zero-order valence-electron chi connectivity index (χ0n) is 15.5. The quantitative estimate of drug-likeness (QED) is 0.827.